The highest BCUT2D eigenvalue weighted by atomic mass is 31.2. The molecule has 0 saturated heterocycles. The zero-order valence-corrected chi connectivity index (χ0v) is 11.8. The summed E-state index contributed by atoms with van der Waals surface area (Å²) in [7, 11) is -5.89. The molecule has 0 aromatic rings. The fraction of sp³-hybridized carbons (Fsp3) is 1.00. The van der Waals surface area contributed by atoms with Gasteiger partial charge < -0.3 is 9.79 Å². The van der Waals surface area contributed by atoms with E-state index in [-0.39, 0.29) is 12.8 Å². The minimum Gasteiger partial charge on any atom is -0.324 e. The first-order chi connectivity index (χ1) is 9.55. The van der Waals surface area contributed by atoms with Crippen molar-refractivity contribution in [2.45, 2.75) is 55.5 Å². The molecule has 1 fully saturated rings. The van der Waals surface area contributed by atoms with E-state index in [9.17, 15) is 39.7 Å². The largest absolute Gasteiger partial charge is 0.453 e. The maximum absolute atomic E-state index is 13.6. The number of halogens is 8. The molecule has 0 aliphatic heterocycles. The predicted molar refractivity (Wildman–Crippen MR) is 58.4 cm³/mol. The molecule has 0 spiro atoms. The van der Waals surface area contributed by atoms with E-state index in [2.05, 4.69) is 0 Å². The van der Waals surface area contributed by atoms with Crippen LogP contribution < -0.4 is 0 Å². The molecule has 2 N–H and O–H groups in total. The van der Waals surface area contributed by atoms with Gasteiger partial charge in [0.25, 0.3) is 0 Å². The van der Waals surface area contributed by atoms with Crippen LogP contribution >= 0.6 is 7.60 Å². The minimum atomic E-state index is -6.19. The van der Waals surface area contributed by atoms with Gasteiger partial charge in [0.15, 0.2) is 0 Å². The first kappa shape index (κ1) is 19.6. The lowest BCUT2D eigenvalue weighted by Crippen LogP contribution is -2.56. The molecule has 0 radical (unpaired) electrons. The summed E-state index contributed by atoms with van der Waals surface area (Å²) < 4.78 is 114. The van der Waals surface area contributed by atoms with Crippen molar-refractivity contribution >= 4 is 7.60 Å². The summed E-state index contributed by atoms with van der Waals surface area (Å²) in [5, 5.41) is -3.47. The van der Waals surface area contributed by atoms with Crippen LogP contribution in [-0.4, -0.2) is 33.2 Å². The van der Waals surface area contributed by atoms with Gasteiger partial charge in [0.05, 0.1) is 11.6 Å². The van der Waals surface area contributed by atoms with Crippen molar-refractivity contribution in [3.05, 3.63) is 0 Å². The third-order valence-electron chi connectivity index (χ3n) is 3.90. The minimum absolute atomic E-state index is 0.268. The number of hydrogen-bond acceptors (Lipinski definition) is 1. The van der Waals surface area contributed by atoms with Crippen molar-refractivity contribution in [3.63, 3.8) is 0 Å². The van der Waals surface area contributed by atoms with Crippen LogP contribution in [0.4, 0.5) is 35.1 Å². The van der Waals surface area contributed by atoms with E-state index in [1.807, 2.05) is 0 Å². The molecule has 0 bridgehead atoms. The van der Waals surface area contributed by atoms with Gasteiger partial charge in [-0.1, -0.05) is 12.8 Å². The second-order valence-electron chi connectivity index (χ2n) is 5.36. The second-order valence-corrected chi connectivity index (χ2v) is 7.34. The Morgan fingerprint density at radius 3 is 1.86 bits per heavy atom. The fourth-order valence-corrected chi connectivity index (χ4v) is 4.48. The standard InChI is InChI=1S/C10H13F8O3P/c11-8(12,13)5-7(22(19,20)21)4-2-1-3-6(7)9(14,15)10(16,17)18/h6H,1-5H2,(H2,19,20,21). The first-order valence-corrected chi connectivity index (χ1v) is 7.73. The zero-order valence-electron chi connectivity index (χ0n) is 10.9. The molecular weight excluding hydrogens is 351 g/mol. The van der Waals surface area contributed by atoms with Gasteiger partial charge in [-0.2, -0.15) is 35.1 Å². The van der Waals surface area contributed by atoms with Crippen LogP contribution in [-0.2, 0) is 4.57 Å². The van der Waals surface area contributed by atoms with E-state index in [1.165, 1.54) is 0 Å². The summed E-state index contributed by atoms with van der Waals surface area (Å²) in [6.45, 7) is 0. The number of rotatable bonds is 3. The summed E-state index contributed by atoms with van der Waals surface area (Å²) in [5.74, 6) is -8.75. The van der Waals surface area contributed by atoms with Crippen LogP contribution in [0, 0.1) is 5.92 Å². The van der Waals surface area contributed by atoms with Gasteiger partial charge in [0, 0.05) is 5.92 Å². The van der Waals surface area contributed by atoms with Gasteiger partial charge in [-0.3, -0.25) is 4.57 Å². The summed E-state index contributed by atoms with van der Waals surface area (Å²) in [4.78, 5) is 18.3. The van der Waals surface area contributed by atoms with E-state index in [4.69, 9.17) is 9.79 Å². The predicted octanol–water partition coefficient (Wildman–Crippen LogP) is 4.24. The SMILES string of the molecule is O=P(O)(O)C1(CC(F)(F)F)CCCCC1C(F)(F)C(F)(F)F. The van der Waals surface area contributed by atoms with Gasteiger partial charge in [0.2, 0.25) is 0 Å². The van der Waals surface area contributed by atoms with E-state index in [0.29, 0.717) is 0 Å². The fourth-order valence-electron chi connectivity index (χ4n) is 2.95. The Labute approximate surface area is 119 Å². The van der Waals surface area contributed by atoms with Crippen molar-refractivity contribution in [1.82, 2.24) is 0 Å². The maximum atomic E-state index is 13.6. The smallest absolute Gasteiger partial charge is 0.324 e. The molecule has 1 rings (SSSR count). The number of hydrogen-bond donors (Lipinski definition) is 2. The van der Waals surface area contributed by atoms with Crippen LogP contribution in [0.25, 0.3) is 0 Å². The highest BCUT2D eigenvalue weighted by Gasteiger charge is 2.72. The van der Waals surface area contributed by atoms with Crippen LogP contribution in [0.5, 0.6) is 0 Å². The first-order valence-electron chi connectivity index (χ1n) is 6.11. The topological polar surface area (TPSA) is 57.5 Å². The van der Waals surface area contributed by atoms with E-state index in [1.54, 1.807) is 0 Å². The van der Waals surface area contributed by atoms with Crippen LogP contribution in [0.2, 0.25) is 0 Å². The molecule has 12 heteroatoms. The normalized spacial score (nSPS) is 28.7. The lowest BCUT2D eigenvalue weighted by Gasteiger charge is -2.47. The molecule has 3 nitrogen and oxygen atoms in total. The molecule has 0 aromatic heterocycles. The molecular formula is C10H13F8O3P. The van der Waals surface area contributed by atoms with Crippen molar-refractivity contribution in [3.8, 4) is 0 Å². The lowest BCUT2D eigenvalue weighted by atomic mass is 9.73. The quantitative estimate of drug-likeness (QED) is 0.582. The molecule has 0 amide bonds. The maximum Gasteiger partial charge on any atom is 0.453 e. The third-order valence-corrected chi connectivity index (χ3v) is 5.76. The van der Waals surface area contributed by atoms with Crippen LogP contribution in [0.15, 0.2) is 0 Å². The molecule has 22 heavy (non-hydrogen) atoms. The molecule has 1 saturated carbocycles. The Morgan fingerprint density at radius 2 is 1.50 bits per heavy atom. The van der Waals surface area contributed by atoms with E-state index < -0.39 is 56.2 Å². The van der Waals surface area contributed by atoms with Crippen molar-refractivity contribution in [1.29, 1.82) is 0 Å². The summed E-state index contributed by atoms with van der Waals surface area (Å²) >= 11 is 0. The van der Waals surface area contributed by atoms with Gasteiger partial charge in [0.1, 0.15) is 0 Å². The van der Waals surface area contributed by atoms with Crippen molar-refractivity contribution in [2.75, 3.05) is 0 Å². The van der Waals surface area contributed by atoms with Gasteiger partial charge in [-0.05, 0) is 12.8 Å². The lowest BCUT2D eigenvalue weighted by molar-refractivity contribution is -0.312. The Bertz CT molecular complexity index is 454. The van der Waals surface area contributed by atoms with Gasteiger partial charge >= 0.3 is 25.9 Å². The molecule has 0 aromatic carbocycles. The second kappa shape index (κ2) is 5.59. The Kier molecular flexibility index (Phi) is 4.99. The van der Waals surface area contributed by atoms with E-state index >= 15 is 0 Å². The number of alkyl halides is 8. The van der Waals surface area contributed by atoms with E-state index in [0.717, 1.165) is 0 Å². The molecule has 0 heterocycles. The highest BCUT2D eigenvalue weighted by Crippen LogP contribution is 2.67. The van der Waals surface area contributed by atoms with Gasteiger partial charge in [-0.25, -0.2) is 0 Å². The average Bonchev–Trinajstić information content (AvgIpc) is 2.23. The molecule has 2 unspecified atom stereocenters. The average molecular weight is 364 g/mol. The Hall–Kier alpha value is -0.410. The van der Waals surface area contributed by atoms with Crippen LogP contribution in [0.1, 0.15) is 32.1 Å². The monoisotopic (exact) mass is 364 g/mol. The third kappa shape index (κ3) is 3.56. The van der Waals surface area contributed by atoms with Crippen molar-refractivity contribution in [2.24, 2.45) is 5.92 Å². The van der Waals surface area contributed by atoms with Crippen molar-refractivity contribution < 1.29 is 49.5 Å². The molecule has 1 aliphatic rings. The molecule has 2 atom stereocenters. The zero-order chi connectivity index (χ0) is 17.6. The molecule has 132 valence electrons. The van der Waals surface area contributed by atoms with Gasteiger partial charge in [-0.15, -0.1) is 0 Å². The Morgan fingerprint density at radius 1 is 1.00 bits per heavy atom. The van der Waals surface area contributed by atoms with Crippen LogP contribution in [0.3, 0.4) is 0 Å². The summed E-state index contributed by atoms with van der Waals surface area (Å²) in [5.41, 5.74) is 0. The highest BCUT2D eigenvalue weighted by molar-refractivity contribution is 7.53. The summed E-state index contributed by atoms with van der Waals surface area (Å²) in [6, 6.07) is 0. The summed E-state index contributed by atoms with van der Waals surface area (Å²) in [6.07, 6.45) is -16.5. The molecule has 1 aliphatic carbocycles. The Balaban J connectivity index is 3.47.